The van der Waals surface area contributed by atoms with E-state index in [1.165, 1.54) is 13.2 Å². The Morgan fingerprint density at radius 1 is 1.38 bits per heavy atom. The van der Waals surface area contributed by atoms with E-state index >= 15 is 0 Å². The van der Waals surface area contributed by atoms with Gasteiger partial charge in [0.15, 0.2) is 11.6 Å². The molecule has 0 saturated carbocycles. The van der Waals surface area contributed by atoms with Crippen LogP contribution < -0.4 is 10.1 Å². The Morgan fingerprint density at radius 2 is 2.08 bits per heavy atom. The highest BCUT2D eigenvalue weighted by atomic mass is 19.1. The largest absolute Gasteiger partial charge is 0.494 e. The van der Waals surface area contributed by atoms with Gasteiger partial charge in [0, 0.05) is 17.8 Å². The lowest BCUT2D eigenvalue weighted by molar-refractivity contribution is 0.386. The van der Waals surface area contributed by atoms with E-state index in [1.807, 2.05) is 13.8 Å². The maximum Gasteiger partial charge on any atom is 0.167 e. The third-order valence-corrected chi connectivity index (χ3v) is 1.61. The molecule has 72 valence electrons. The molecule has 1 rings (SSSR count). The lowest BCUT2D eigenvalue weighted by Gasteiger charge is -2.10. The van der Waals surface area contributed by atoms with Gasteiger partial charge in [-0.25, -0.2) is 4.39 Å². The van der Waals surface area contributed by atoms with Crippen molar-refractivity contribution in [2.45, 2.75) is 19.9 Å². The van der Waals surface area contributed by atoms with E-state index in [9.17, 15) is 4.39 Å². The molecule has 0 saturated heterocycles. The third kappa shape index (κ3) is 2.61. The molecule has 3 heteroatoms. The summed E-state index contributed by atoms with van der Waals surface area (Å²) in [5.41, 5.74) is 0.772. The normalized spacial score (nSPS) is 10.2. The quantitative estimate of drug-likeness (QED) is 0.777. The molecular formula is C10H14FNO. The maximum absolute atomic E-state index is 13.1. The van der Waals surface area contributed by atoms with E-state index in [2.05, 4.69) is 5.32 Å². The minimum Gasteiger partial charge on any atom is -0.494 e. The lowest BCUT2D eigenvalue weighted by atomic mass is 10.2. The fourth-order valence-corrected chi connectivity index (χ4v) is 1.09. The summed E-state index contributed by atoms with van der Waals surface area (Å²) in [4.78, 5) is 0. The van der Waals surface area contributed by atoms with Gasteiger partial charge in [-0.1, -0.05) is 0 Å². The zero-order chi connectivity index (χ0) is 9.84. The number of hydrogen-bond donors (Lipinski definition) is 1. The Balaban J connectivity index is 2.83. The minimum atomic E-state index is -0.340. The average Bonchev–Trinajstić information content (AvgIpc) is 2.03. The molecule has 13 heavy (non-hydrogen) atoms. The number of ether oxygens (including phenoxy) is 1. The second kappa shape index (κ2) is 4.12. The monoisotopic (exact) mass is 183 g/mol. The topological polar surface area (TPSA) is 21.3 Å². The molecule has 0 radical (unpaired) electrons. The molecule has 0 amide bonds. The van der Waals surface area contributed by atoms with Gasteiger partial charge in [0.05, 0.1) is 7.11 Å². The zero-order valence-electron chi connectivity index (χ0n) is 8.10. The molecule has 1 aromatic carbocycles. The van der Waals surface area contributed by atoms with Crippen LogP contribution in [0.4, 0.5) is 10.1 Å². The van der Waals surface area contributed by atoms with E-state index in [4.69, 9.17) is 4.74 Å². The smallest absolute Gasteiger partial charge is 0.167 e. The molecule has 0 aromatic heterocycles. The SMILES string of the molecule is COc1ccc(NC(C)C)cc1F. The van der Waals surface area contributed by atoms with Gasteiger partial charge >= 0.3 is 0 Å². The molecule has 0 bridgehead atoms. The highest BCUT2D eigenvalue weighted by Crippen LogP contribution is 2.20. The van der Waals surface area contributed by atoms with Gasteiger partial charge in [0.1, 0.15) is 0 Å². The zero-order valence-corrected chi connectivity index (χ0v) is 8.10. The molecule has 0 aliphatic rings. The number of halogens is 1. The molecule has 0 spiro atoms. The Hall–Kier alpha value is -1.25. The standard InChI is InChI=1S/C10H14FNO/c1-7(2)12-8-4-5-10(13-3)9(11)6-8/h4-7,12H,1-3H3. The summed E-state index contributed by atoms with van der Waals surface area (Å²) < 4.78 is 17.9. The van der Waals surface area contributed by atoms with Gasteiger partial charge in [-0.3, -0.25) is 0 Å². The first kappa shape index (κ1) is 9.84. The van der Waals surface area contributed by atoms with Crippen molar-refractivity contribution < 1.29 is 9.13 Å². The van der Waals surface area contributed by atoms with Crippen LogP contribution in [0.25, 0.3) is 0 Å². The maximum atomic E-state index is 13.1. The van der Waals surface area contributed by atoms with Crippen LogP contribution in [-0.2, 0) is 0 Å². The third-order valence-electron chi connectivity index (χ3n) is 1.61. The average molecular weight is 183 g/mol. The Kier molecular flexibility index (Phi) is 3.12. The molecule has 0 aliphatic heterocycles. The van der Waals surface area contributed by atoms with Gasteiger partial charge in [-0.2, -0.15) is 0 Å². The molecule has 0 atom stereocenters. The number of rotatable bonds is 3. The molecule has 0 unspecified atom stereocenters. The van der Waals surface area contributed by atoms with Crippen LogP contribution in [-0.4, -0.2) is 13.2 Å². The number of benzene rings is 1. The highest BCUT2D eigenvalue weighted by molar-refractivity contribution is 5.47. The molecule has 1 N–H and O–H groups in total. The van der Waals surface area contributed by atoms with E-state index < -0.39 is 0 Å². The van der Waals surface area contributed by atoms with Gasteiger partial charge in [-0.15, -0.1) is 0 Å². The van der Waals surface area contributed by atoms with Crippen LogP contribution in [0.3, 0.4) is 0 Å². The summed E-state index contributed by atoms with van der Waals surface area (Å²) >= 11 is 0. The summed E-state index contributed by atoms with van der Waals surface area (Å²) in [5, 5.41) is 3.10. The molecule has 0 aliphatic carbocycles. The van der Waals surface area contributed by atoms with Gasteiger partial charge < -0.3 is 10.1 Å². The van der Waals surface area contributed by atoms with Gasteiger partial charge in [-0.05, 0) is 26.0 Å². The Morgan fingerprint density at radius 3 is 2.54 bits per heavy atom. The Labute approximate surface area is 77.7 Å². The van der Waals surface area contributed by atoms with Crippen molar-refractivity contribution in [3.63, 3.8) is 0 Å². The van der Waals surface area contributed by atoms with Crippen molar-refractivity contribution in [1.82, 2.24) is 0 Å². The van der Waals surface area contributed by atoms with E-state index in [1.54, 1.807) is 12.1 Å². The van der Waals surface area contributed by atoms with Gasteiger partial charge in [0.25, 0.3) is 0 Å². The summed E-state index contributed by atoms with van der Waals surface area (Å²) in [6.07, 6.45) is 0. The summed E-state index contributed by atoms with van der Waals surface area (Å²) in [7, 11) is 1.45. The second-order valence-electron chi connectivity index (χ2n) is 3.15. The molecule has 2 nitrogen and oxygen atoms in total. The van der Waals surface area contributed by atoms with E-state index in [0.717, 1.165) is 5.69 Å². The van der Waals surface area contributed by atoms with Crippen LogP contribution in [0.5, 0.6) is 5.75 Å². The first-order chi connectivity index (χ1) is 6.13. The fourth-order valence-electron chi connectivity index (χ4n) is 1.09. The van der Waals surface area contributed by atoms with Crippen LogP contribution in [0, 0.1) is 5.82 Å². The molecular weight excluding hydrogens is 169 g/mol. The second-order valence-corrected chi connectivity index (χ2v) is 3.15. The van der Waals surface area contributed by atoms with Crippen molar-refractivity contribution in [3.05, 3.63) is 24.0 Å². The van der Waals surface area contributed by atoms with Crippen LogP contribution in [0.2, 0.25) is 0 Å². The molecule has 1 aromatic rings. The number of nitrogens with one attached hydrogen (secondary N) is 1. The summed E-state index contributed by atoms with van der Waals surface area (Å²) in [6, 6.07) is 5.13. The van der Waals surface area contributed by atoms with E-state index in [-0.39, 0.29) is 11.6 Å². The van der Waals surface area contributed by atoms with Crippen molar-refractivity contribution in [2.75, 3.05) is 12.4 Å². The van der Waals surface area contributed by atoms with Crippen molar-refractivity contribution in [3.8, 4) is 5.75 Å². The molecule has 0 fully saturated rings. The molecule has 0 heterocycles. The Bertz CT molecular complexity index is 286. The first-order valence-electron chi connectivity index (χ1n) is 4.23. The van der Waals surface area contributed by atoms with Crippen LogP contribution in [0.1, 0.15) is 13.8 Å². The van der Waals surface area contributed by atoms with Crippen LogP contribution in [0.15, 0.2) is 18.2 Å². The van der Waals surface area contributed by atoms with E-state index in [0.29, 0.717) is 6.04 Å². The first-order valence-corrected chi connectivity index (χ1v) is 4.23. The van der Waals surface area contributed by atoms with Gasteiger partial charge in [0.2, 0.25) is 0 Å². The van der Waals surface area contributed by atoms with Crippen molar-refractivity contribution >= 4 is 5.69 Å². The predicted octanol–water partition coefficient (Wildman–Crippen LogP) is 2.65. The van der Waals surface area contributed by atoms with Crippen LogP contribution >= 0.6 is 0 Å². The lowest BCUT2D eigenvalue weighted by Crippen LogP contribution is -2.09. The summed E-state index contributed by atoms with van der Waals surface area (Å²) in [5.74, 6) is -0.0672. The highest BCUT2D eigenvalue weighted by Gasteiger charge is 2.03. The van der Waals surface area contributed by atoms with Crippen molar-refractivity contribution in [2.24, 2.45) is 0 Å². The fraction of sp³-hybridized carbons (Fsp3) is 0.400. The minimum absolute atomic E-state index is 0.273. The summed E-state index contributed by atoms with van der Waals surface area (Å²) in [6.45, 7) is 4.00. The predicted molar refractivity (Wildman–Crippen MR) is 51.7 cm³/mol. The number of hydrogen-bond acceptors (Lipinski definition) is 2. The number of anilines is 1. The van der Waals surface area contributed by atoms with Crippen molar-refractivity contribution in [1.29, 1.82) is 0 Å². The number of methoxy groups -OCH3 is 1.